The summed E-state index contributed by atoms with van der Waals surface area (Å²) in [5.41, 5.74) is 0.855. The Labute approximate surface area is 128 Å². The lowest BCUT2D eigenvalue weighted by Gasteiger charge is -2.34. The number of halogens is 1. The van der Waals surface area contributed by atoms with E-state index in [2.05, 4.69) is 31.3 Å². The zero-order valence-electron chi connectivity index (χ0n) is 11.0. The van der Waals surface area contributed by atoms with Gasteiger partial charge in [-0.25, -0.2) is 14.3 Å². The first-order valence-corrected chi connectivity index (χ1v) is 7.26. The number of piperidine rings is 1. The highest BCUT2D eigenvalue weighted by molar-refractivity contribution is 9.10. The quantitative estimate of drug-likeness (QED) is 0.742. The molecule has 0 bridgehead atoms. The molecular weight excluding hydrogens is 342 g/mol. The Bertz CT molecular complexity index is 676. The molecule has 1 saturated heterocycles. The van der Waals surface area contributed by atoms with Crippen molar-refractivity contribution in [2.45, 2.75) is 18.6 Å². The number of hydrogen-bond donors (Lipinski definition) is 3. The number of β-amino-alcohol motifs (C(OH)–C–C–N with tert-alkyl or cyclic N) is 1. The number of aliphatic hydroxyl groups excluding tert-OH is 1. The first-order valence-electron chi connectivity index (χ1n) is 6.47. The van der Waals surface area contributed by atoms with Crippen LogP contribution < -0.4 is 5.32 Å². The number of likely N-dealkylation sites (tertiary alicyclic amines) is 1. The summed E-state index contributed by atoms with van der Waals surface area (Å²) in [6, 6.07) is 3.48. The van der Waals surface area contributed by atoms with Crippen LogP contribution >= 0.6 is 15.9 Å². The fourth-order valence-electron chi connectivity index (χ4n) is 2.38. The van der Waals surface area contributed by atoms with E-state index >= 15 is 0 Å². The van der Waals surface area contributed by atoms with Crippen LogP contribution in [-0.2, 0) is 0 Å². The number of amides is 1. The van der Waals surface area contributed by atoms with Crippen LogP contribution in [-0.4, -0.2) is 61.0 Å². The van der Waals surface area contributed by atoms with Gasteiger partial charge in [-0.3, -0.25) is 0 Å². The van der Waals surface area contributed by atoms with E-state index < -0.39 is 12.2 Å². The maximum atomic E-state index is 10.9. The minimum atomic E-state index is -1.01. The number of aliphatic hydroxyl groups is 1. The van der Waals surface area contributed by atoms with Crippen LogP contribution in [0.15, 0.2) is 22.9 Å². The number of nitrogens with zero attached hydrogens (tertiary/aromatic N) is 4. The van der Waals surface area contributed by atoms with Gasteiger partial charge in [0.2, 0.25) is 5.95 Å². The van der Waals surface area contributed by atoms with Crippen LogP contribution in [0.3, 0.4) is 0 Å². The number of carboxylic acid groups (broad SMARTS) is 1. The first kappa shape index (κ1) is 14.1. The fourth-order valence-corrected chi connectivity index (χ4v) is 2.79. The van der Waals surface area contributed by atoms with Gasteiger partial charge in [0, 0.05) is 6.54 Å². The lowest BCUT2D eigenvalue weighted by molar-refractivity contribution is 0.0573. The van der Waals surface area contributed by atoms with Crippen molar-refractivity contribution in [1.29, 1.82) is 0 Å². The summed E-state index contributed by atoms with van der Waals surface area (Å²) in [6.45, 7) is 0.460. The van der Waals surface area contributed by atoms with Crippen molar-refractivity contribution in [1.82, 2.24) is 19.5 Å². The summed E-state index contributed by atoms with van der Waals surface area (Å²) in [5, 5.41) is 26.3. The third-order valence-corrected chi connectivity index (χ3v) is 4.12. The van der Waals surface area contributed by atoms with Gasteiger partial charge in [0.25, 0.3) is 0 Å². The van der Waals surface area contributed by atoms with E-state index in [9.17, 15) is 9.90 Å². The predicted molar refractivity (Wildman–Crippen MR) is 78.3 cm³/mol. The molecule has 1 aliphatic heterocycles. The highest BCUT2D eigenvalue weighted by Gasteiger charge is 2.30. The van der Waals surface area contributed by atoms with E-state index in [0.717, 1.165) is 10.1 Å². The summed E-state index contributed by atoms with van der Waals surface area (Å²) in [7, 11) is 0. The second kappa shape index (κ2) is 5.49. The third-order valence-electron chi connectivity index (χ3n) is 3.52. The monoisotopic (exact) mass is 355 g/mol. The first-order chi connectivity index (χ1) is 10.0. The molecule has 2 atom stereocenters. The van der Waals surface area contributed by atoms with Crippen LogP contribution in [0.25, 0.3) is 5.52 Å². The molecule has 1 aliphatic rings. The molecule has 1 amide bonds. The van der Waals surface area contributed by atoms with Gasteiger partial charge >= 0.3 is 6.09 Å². The molecule has 3 heterocycles. The average molecular weight is 356 g/mol. The number of aromatic nitrogens is 3. The second-order valence-corrected chi connectivity index (χ2v) is 5.72. The summed E-state index contributed by atoms with van der Waals surface area (Å²) in [5.74, 6) is 0.396. The predicted octanol–water partition coefficient (Wildman–Crippen LogP) is 1.02. The van der Waals surface area contributed by atoms with Gasteiger partial charge < -0.3 is 20.4 Å². The SMILES string of the molecule is O=C(O)N1CC[C@@H](Nc2ncc3ccc(Br)n3n2)[C@H](O)C1. The Hall–Kier alpha value is -1.87. The van der Waals surface area contributed by atoms with E-state index in [4.69, 9.17) is 5.11 Å². The number of rotatable bonds is 2. The maximum absolute atomic E-state index is 10.9. The smallest absolute Gasteiger partial charge is 0.407 e. The highest BCUT2D eigenvalue weighted by Crippen LogP contribution is 2.17. The molecule has 0 saturated carbocycles. The van der Waals surface area contributed by atoms with Crippen LogP contribution in [0, 0.1) is 0 Å². The molecule has 3 N–H and O–H groups in total. The molecule has 3 rings (SSSR count). The van der Waals surface area contributed by atoms with Gasteiger partial charge in [-0.2, -0.15) is 0 Å². The van der Waals surface area contributed by atoms with E-state index in [0.29, 0.717) is 18.9 Å². The Balaban J connectivity index is 1.73. The zero-order valence-corrected chi connectivity index (χ0v) is 12.6. The van der Waals surface area contributed by atoms with E-state index in [1.165, 1.54) is 4.90 Å². The molecule has 8 nitrogen and oxygen atoms in total. The Morgan fingerprint density at radius 1 is 1.48 bits per heavy atom. The van der Waals surface area contributed by atoms with Crippen LogP contribution in [0.5, 0.6) is 0 Å². The number of nitrogens with one attached hydrogen (secondary N) is 1. The largest absolute Gasteiger partial charge is 0.465 e. The molecule has 0 unspecified atom stereocenters. The standard InChI is InChI=1S/C12H14BrN5O3/c13-10-2-1-7-5-14-11(16-18(7)10)15-8-3-4-17(12(20)21)6-9(8)19/h1-2,5,8-9,19H,3-4,6H2,(H,15,16)(H,20,21)/t8-,9-/m1/s1. The maximum Gasteiger partial charge on any atom is 0.407 e. The van der Waals surface area contributed by atoms with Gasteiger partial charge in [-0.15, -0.1) is 5.10 Å². The average Bonchev–Trinajstić information content (AvgIpc) is 2.82. The van der Waals surface area contributed by atoms with Crippen LogP contribution in [0.4, 0.5) is 10.7 Å². The Morgan fingerprint density at radius 2 is 2.29 bits per heavy atom. The molecule has 2 aromatic heterocycles. The van der Waals surface area contributed by atoms with Gasteiger partial charge in [0.05, 0.1) is 30.4 Å². The van der Waals surface area contributed by atoms with Crippen molar-refractivity contribution in [3.05, 3.63) is 22.9 Å². The van der Waals surface area contributed by atoms with Crippen molar-refractivity contribution in [3.8, 4) is 0 Å². The molecule has 112 valence electrons. The van der Waals surface area contributed by atoms with E-state index in [1.54, 1.807) is 10.7 Å². The van der Waals surface area contributed by atoms with Gasteiger partial charge in [-0.05, 0) is 34.5 Å². The van der Waals surface area contributed by atoms with Gasteiger partial charge in [-0.1, -0.05) is 0 Å². The normalized spacial score (nSPS) is 22.5. The van der Waals surface area contributed by atoms with Crippen LogP contribution in [0.2, 0.25) is 0 Å². The summed E-state index contributed by atoms with van der Waals surface area (Å²) >= 11 is 3.39. The van der Waals surface area contributed by atoms with E-state index in [1.807, 2.05) is 12.1 Å². The van der Waals surface area contributed by atoms with Gasteiger partial charge in [0.1, 0.15) is 4.60 Å². The molecule has 2 aromatic rings. The molecule has 0 aromatic carbocycles. The third kappa shape index (κ3) is 2.79. The number of carbonyl (C=O) groups is 1. The topological polar surface area (TPSA) is 103 Å². The van der Waals surface area contributed by atoms with Crippen molar-refractivity contribution in [2.75, 3.05) is 18.4 Å². The van der Waals surface area contributed by atoms with Crippen molar-refractivity contribution >= 4 is 33.5 Å². The minimum absolute atomic E-state index is 0.0858. The summed E-state index contributed by atoms with van der Waals surface area (Å²) < 4.78 is 2.50. The Kier molecular flexibility index (Phi) is 3.68. The second-order valence-electron chi connectivity index (χ2n) is 4.91. The molecule has 9 heteroatoms. The number of anilines is 1. The zero-order chi connectivity index (χ0) is 15.0. The molecule has 21 heavy (non-hydrogen) atoms. The molecule has 0 spiro atoms. The van der Waals surface area contributed by atoms with Crippen molar-refractivity contribution in [2.24, 2.45) is 0 Å². The molecule has 0 aliphatic carbocycles. The number of fused-ring (bicyclic) bond motifs is 1. The molecule has 1 fully saturated rings. The van der Waals surface area contributed by atoms with Crippen molar-refractivity contribution in [3.63, 3.8) is 0 Å². The van der Waals surface area contributed by atoms with Crippen molar-refractivity contribution < 1.29 is 15.0 Å². The number of hydrogen-bond acceptors (Lipinski definition) is 5. The Morgan fingerprint density at radius 3 is 3.00 bits per heavy atom. The van der Waals surface area contributed by atoms with Crippen LogP contribution in [0.1, 0.15) is 6.42 Å². The highest BCUT2D eigenvalue weighted by atomic mass is 79.9. The minimum Gasteiger partial charge on any atom is -0.465 e. The molecule has 0 radical (unpaired) electrons. The fraction of sp³-hybridized carbons (Fsp3) is 0.417. The van der Waals surface area contributed by atoms with Gasteiger partial charge in [0.15, 0.2) is 0 Å². The van der Waals surface area contributed by atoms with E-state index in [-0.39, 0.29) is 12.6 Å². The lowest BCUT2D eigenvalue weighted by atomic mass is 10.0. The summed E-state index contributed by atoms with van der Waals surface area (Å²) in [6.07, 6.45) is 0.379. The molecular formula is C12H14BrN5O3. The summed E-state index contributed by atoms with van der Waals surface area (Å²) in [4.78, 5) is 16.3. The lowest BCUT2D eigenvalue weighted by Crippen LogP contribution is -2.51.